The van der Waals surface area contributed by atoms with Crippen molar-refractivity contribution in [3.63, 3.8) is 0 Å². The number of ether oxygens (including phenoxy) is 1. The molecule has 2 N–H and O–H groups in total. The van der Waals surface area contributed by atoms with E-state index in [1.54, 1.807) is 0 Å². The number of amides is 1. The van der Waals surface area contributed by atoms with Crippen LogP contribution in [-0.2, 0) is 30.7 Å². The number of aliphatic hydroxyl groups excluding tert-OH is 1. The molecule has 0 heterocycles. The fourth-order valence-electron chi connectivity index (χ4n) is 5.31. The Hall–Kier alpha value is -3.93. The van der Waals surface area contributed by atoms with Crippen molar-refractivity contribution < 1.29 is 14.6 Å². The lowest BCUT2D eigenvalue weighted by molar-refractivity contribution is 0.0234. The van der Waals surface area contributed by atoms with Crippen LogP contribution < -0.4 is 5.32 Å². The third-order valence-corrected chi connectivity index (χ3v) is 7.23. The maximum absolute atomic E-state index is 12.9. The van der Waals surface area contributed by atoms with Crippen molar-refractivity contribution in [3.05, 3.63) is 144 Å². The number of carbonyl (C=O) groups is 1. The number of hydrogen-bond donors (Lipinski definition) is 2. The summed E-state index contributed by atoms with van der Waals surface area (Å²) in [6.07, 6.45) is 0.451. The van der Waals surface area contributed by atoms with Gasteiger partial charge in [0.05, 0.1) is 6.10 Å². The molecule has 0 aliphatic carbocycles. The summed E-state index contributed by atoms with van der Waals surface area (Å²) in [6, 6.07) is 40.7. The fraction of sp³-hybridized carbons (Fsp3) is 0.324. The van der Waals surface area contributed by atoms with Crippen LogP contribution in [-0.4, -0.2) is 39.9 Å². The number of nitrogens with zero attached hydrogens (tertiary/aromatic N) is 1. The standard InChI is InChI=1S/C37H44N2O3/c1-37(2,3)42-36(41)38-33(24-29-16-8-4-9-17-29)26-35(40)34(25-30-18-10-5-11-19-30)39(27-31-20-12-6-13-21-31)28-32-22-14-7-15-23-32/h4-23,33-35,40H,24-28H2,1-3H3,(H,38,41)/t33-,34-,35+/m0/s1. The highest BCUT2D eigenvalue weighted by Gasteiger charge is 2.30. The van der Waals surface area contributed by atoms with Gasteiger partial charge in [0.25, 0.3) is 0 Å². The third-order valence-electron chi connectivity index (χ3n) is 7.23. The van der Waals surface area contributed by atoms with Gasteiger partial charge in [-0.05, 0) is 62.3 Å². The van der Waals surface area contributed by atoms with Gasteiger partial charge in [0, 0.05) is 25.2 Å². The molecule has 0 unspecified atom stereocenters. The minimum Gasteiger partial charge on any atom is -0.444 e. The normalized spacial score (nSPS) is 13.7. The molecule has 5 heteroatoms. The third kappa shape index (κ3) is 10.5. The maximum Gasteiger partial charge on any atom is 0.407 e. The smallest absolute Gasteiger partial charge is 0.407 e. The van der Waals surface area contributed by atoms with Crippen molar-refractivity contribution in [2.75, 3.05) is 0 Å². The lowest BCUT2D eigenvalue weighted by atomic mass is 9.92. The van der Waals surface area contributed by atoms with Crippen LogP contribution in [0.3, 0.4) is 0 Å². The highest BCUT2D eigenvalue weighted by Crippen LogP contribution is 2.23. The molecule has 4 aromatic rings. The van der Waals surface area contributed by atoms with Gasteiger partial charge in [-0.15, -0.1) is 0 Å². The van der Waals surface area contributed by atoms with Crippen LogP contribution >= 0.6 is 0 Å². The Labute approximate surface area is 251 Å². The van der Waals surface area contributed by atoms with Crippen LogP contribution in [0, 0.1) is 0 Å². The molecule has 0 aliphatic heterocycles. The summed E-state index contributed by atoms with van der Waals surface area (Å²) in [5.41, 5.74) is 4.01. The van der Waals surface area contributed by atoms with Crippen molar-refractivity contribution in [1.82, 2.24) is 10.2 Å². The number of benzene rings is 4. The topological polar surface area (TPSA) is 61.8 Å². The van der Waals surface area contributed by atoms with E-state index in [4.69, 9.17) is 4.74 Å². The van der Waals surface area contributed by atoms with Crippen LogP contribution in [0.1, 0.15) is 49.4 Å². The lowest BCUT2D eigenvalue weighted by Crippen LogP contribution is -2.49. The zero-order chi connectivity index (χ0) is 29.8. The van der Waals surface area contributed by atoms with Gasteiger partial charge in [0.15, 0.2) is 0 Å². The molecule has 0 aliphatic rings. The second kappa shape index (κ2) is 15.3. The second-order valence-electron chi connectivity index (χ2n) is 12.0. The molecule has 0 bridgehead atoms. The van der Waals surface area contributed by atoms with Crippen molar-refractivity contribution >= 4 is 6.09 Å². The monoisotopic (exact) mass is 564 g/mol. The van der Waals surface area contributed by atoms with Crippen LogP contribution in [0.4, 0.5) is 4.79 Å². The predicted molar refractivity (Wildman–Crippen MR) is 170 cm³/mol. The molecule has 4 rings (SSSR count). The van der Waals surface area contributed by atoms with Gasteiger partial charge in [0.2, 0.25) is 0 Å². The van der Waals surface area contributed by atoms with Crippen LogP contribution in [0.25, 0.3) is 0 Å². The Morgan fingerprint density at radius 3 is 1.52 bits per heavy atom. The molecule has 0 fully saturated rings. The summed E-state index contributed by atoms with van der Waals surface area (Å²) in [7, 11) is 0. The van der Waals surface area contributed by atoms with E-state index in [2.05, 4.69) is 83.0 Å². The molecule has 0 spiro atoms. The van der Waals surface area contributed by atoms with E-state index in [9.17, 15) is 9.90 Å². The summed E-state index contributed by atoms with van der Waals surface area (Å²) in [4.78, 5) is 15.3. The first-order chi connectivity index (χ1) is 20.2. The van der Waals surface area contributed by atoms with Crippen LogP contribution in [0.2, 0.25) is 0 Å². The zero-order valence-corrected chi connectivity index (χ0v) is 25.0. The van der Waals surface area contributed by atoms with Gasteiger partial charge >= 0.3 is 6.09 Å². The quantitative estimate of drug-likeness (QED) is 0.180. The van der Waals surface area contributed by atoms with Gasteiger partial charge in [-0.1, -0.05) is 121 Å². The van der Waals surface area contributed by atoms with E-state index in [1.165, 1.54) is 11.1 Å². The molecule has 4 aromatic carbocycles. The fourth-order valence-corrected chi connectivity index (χ4v) is 5.31. The van der Waals surface area contributed by atoms with E-state index in [0.717, 1.165) is 11.1 Å². The van der Waals surface area contributed by atoms with E-state index in [1.807, 2.05) is 69.3 Å². The number of rotatable bonds is 13. The van der Waals surface area contributed by atoms with E-state index >= 15 is 0 Å². The van der Waals surface area contributed by atoms with E-state index in [0.29, 0.717) is 32.4 Å². The van der Waals surface area contributed by atoms with Crippen molar-refractivity contribution in [2.45, 2.75) is 76.9 Å². The molecule has 3 atom stereocenters. The number of carbonyl (C=O) groups excluding carboxylic acids is 1. The van der Waals surface area contributed by atoms with Crippen molar-refractivity contribution in [3.8, 4) is 0 Å². The molecule has 42 heavy (non-hydrogen) atoms. The molecule has 0 saturated heterocycles. The SMILES string of the molecule is CC(C)(C)OC(=O)N[C@@H](Cc1ccccc1)C[C@@H](O)[C@H](Cc1ccccc1)N(Cc1ccccc1)Cc1ccccc1. The zero-order valence-electron chi connectivity index (χ0n) is 25.0. The van der Waals surface area contributed by atoms with Crippen molar-refractivity contribution in [1.29, 1.82) is 0 Å². The minimum atomic E-state index is -0.721. The largest absolute Gasteiger partial charge is 0.444 e. The average Bonchev–Trinajstić information content (AvgIpc) is 2.96. The van der Waals surface area contributed by atoms with Crippen LogP contribution in [0.5, 0.6) is 0 Å². The molecule has 0 aromatic heterocycles. The maximum atomic E-state index is 12.9. The highest BCUT2D eigenvalue weighted by molar-refractivity contribution is 5.68. The van der Waals surface area contributed by atoms with Gasteiger partial charge in [-0.2, -0.15) is 0 Å². The average molecular weight is 565 g/mol. The molecule has 5 nitrogen and oxygen atoms in total. The highest BCUT2D eigenvalue weighted by atomic mass is 16.6. The number of nitrogens with one attached hydrogen (secondary N) is 1. The minimum absolute atomic E-state index is 0.202. The Morgan fingerprint density at radius 2 is 1.10 bits per heavy atom. The number of alkyl carbamates (subject to hydrolysis) is 1. The Kier molecular flexibility index (Phi) is 11.3. The Balaban J connectivity index is 1.64. The van der Waals surface area contributed by atoms with Crippen LogP contribution in [0.15, 0.2) is 121 Å². The van der Waals surface area contributed by atoms with Gasteiger partial charge in [-0.25, -0.2) is 4.79 Å². The molecule has 1 amide bonds. The summed E-state index contributed by atoms with van der Waals surface area (Å²) in [5, 5.41) is 15.1. The van der Waals surface area contributed by atoms with Gasteiger partial charge in [-0.3, -0.25) is 4.90 Å². The number of aliphatic hydroxyl groups is 1. The van der Waals surface area contributed by atoms with Gasteiger partial charge < -0.3 is 15.2 Å². The Bertz CT molecular complexity index is 1280. The Morgan fingerprint density at radius 1 is 0.690 bits per heavy atom. The molecule has 220 valence electrons. The second-order valence-corrected chi connectivity index (χ2v) is 12.0. The molecule has 0 radical (unpaired) electrons. The lowest BCUT2D eigenvalue weighted by Gasteiger charge is -2.37. The summed E-state index contributed by atoms with van der Waals surface area (Å²) >= 11 is 0. The molecule has 0 saturated carbocycles. The summed E-state index contributed by atoms with van der Waals surface area (Å²) in [5.74, 6) is 0. The van der Waals surface area contributed by atoms with Crippen molar-refractivity contribution in [2.24, 2.45) is 0 Å². The molecular weight excluding hydrogens is 520 g/mol. The number of hydrogen-bond acceptors (Lipinski definition) is 4. The predicted octanol–water partition coefficient (Wildman–Crippen LogP) is 7.19. The van der Waals surface area contributed by atoms with E-state index in [-0.39, 0.29) is 12.1 Å². The van der Waals surface area contributed by atoms with E-state index < -0.39 is 17.8 Å². The summed E-state index contributed by atoms with van der Waals surface area (Å²) < 4.78 is 5.61. The first kappa shape index (κ1) is 31.0. The first-order valence-corrected chi connectivity index (χ1v) is 14.8. The first-order valence-electron chi connectivity index (χ1n) is 14.8. The summed E-state index contributed by atoms with van der Waals surface area (Å²) in [6.45, 7) is 6.94. The van der Waals surface area contributed by atoms with Gasteiger partial charge in [0.1, 0.15) is 5.60 Å². The molecular formula is C37H44N2O3.